The molecule has 0 aromatic heterocycles. The van der Waals surface area contributed by atoms with Gasteiger partial charge in [0.15, 0.2) is 11.5 Å². The summed E-state index contributed by atoms with van der Waals surface area (Å²) in [6.45, 7) is 3.70. The second-order valence-corrected chi connectivity index (χ2v) is 6.06. The van der Waals surface area contributed by atoms with E-state index in [2.05, 4.69) is 5.32 Å². The molecule has 1 N–H and O–H groups in total. The van der Waals surface area contributed by atoms with Crippen LogP contribution in [0.15, 0.2) is 42.5 Å². The van der Waals surface area contributed by atoms with Crippen LogP contribution in [-0.4, -0.2) is 25.7 Å². The van der Waals surface area contributed by atoms with Gasteiger partial charge < -0.3 is 19.5 Å². The fourth-order valence-electron chi connectivity index (χ4n) is 2.47. The molecular formula is C20H20ClNO4. The van der Waals surface area contributed by atoms with E-state index >= 15 is 0 Å². The Morgan fingerprint density at radius 3 is 2.58 bits per heavy atom. The normalized spacial score (nSPS) is 13.3. The topological polar surface area (TPSA) is 56.8 Å². The van der Waals surface area contributed by atoms with Crippen LogP contribution in [0.5, 0.6) is 17.2 Å². The van der Waals surface area contributed by atoms with Gasteiger partial charge in [0.25, 0.3) is 0 Å². The van der Waals surface area contributed by atoms with E-state index in [1.165, 1.54) is 6.08 Å². The Hall–Kier alpha value is -2.66. The summed E-state index contributed by atoms with van der Waals surface area (Å²) >= 11 is 6.23. The summed E-state index contributed by atoms with van der Waals surface area (Å²) in [6, 6.07) is 10.8. The van der Waals surface area contributed by atoms with Gasteiger partial charge in [-0.25, -0.2) is 0 Å². The van der Waals surface area contributed by atoms with Gasteiger partial charge in [-0.05, 0) is 30.7 Å². The zero-order chi connectivity index (χ0) is 18.4. The van der Waals surface area contributed by atoms with Gasteiger partial charge >= 0.3 is 0 Å². The molecule has 0 atom stereocenters. The molecule has 1 aliphatic heterocycles. The van der Waals surface area contributed by atoms with Crippen molar-refractivity contribution in [3.8, 4) is 17.2 Å². The SMILES string of the molecule is CCOc1ccc(/C=C/C(=O)Nc2cc3c(cc2Cl)OCCCO3)cc1. The number of ether oxygens (including phenoxy) is 3. The number of rotatable bonds is 5. The molecule has 5 nitrogen and oxygen atoms in total. The van der Waals surface area contributed by atoms with E-state index < -0.39 is 0 Å². The molecule has 0 radical (unpaired) electrons. The van der Waals surface area contributed by atoms with E-state index in [-0.39, 0.29) is 5.91 Å². The molecule has 0 saturated heterocycles. The van der Waals surface area contributed by atoms with Crippen LogP contribution in [0.1, 0.15) is 18.9 Å². The van der Waals surface area contributed by atoms with Gasteiger partial charge in [0.05, 0.1) is 30.5 Å². The highest BCUT2D eigenvalue weighted by Crippen LogP contribution is 2.37. The molecule has 6 heteroatoms. The lowest BCUT2D eigenvalue weighted by atomic mass is 10.2. The van der Waals surface area contributed by atoms with E-state index in [1.54, 1.807) is 18.2 Å². The van der Waals surface area contributed by atoms with Gasteiger partial charge in [-0.1, -0.05) is 23.7 Å². The number of carbonyl (C=O) groups excluding carboxylic acids is 1. The minimum absolute atomic E-state index is 0.282. The number of hydrogen-bond acceptors (Lipinski definition) is 4. The Bertz CT molecular complexity index is 802. The summed E-state index contributed by atoms with van der Waals surface area (Å²) in [4.78, 5) is 12.2. The Morgan fingerprint density at radius 2 is 1.88 bits per heavy atom. The minimum atomic E-state index is -0.282. The van der Waals surface area contributed by atoms with Gasteiger partial charge in [0.1, 0.15) is 5.75 Å². The molecule has 0 spiro atoms. The molecular weight excluding hydrogens is 354 g/mol. The maximum absolute atomic E-state index is 12.2. The van der Waals surface area contributed by atoms with Crippen molar-refractivity contribution in [2.75, 3.05) is 25.1 Å². The Balaban J connectivity index is 1.66. The highest BCUT2D eigenvalue weighted by Gasteiger charge is 2.15. The maximum atomic E-state index is 12.2. The molecule has 26 heavy (non-hydrogen) atoms. The largest absolute Gasteiger partial charge is 0.494 e. The molecule has 0 bridgehead atoms. The minimum Gasteiger partial charge on any atom is -0.494 e. The van der Waals surface area contributed by atoms with Crippen LogP contribution in [0.25, 0.3) is 6.08 Å². The number of nitrogens with one attached hydrogen (secondary N) is 1. The lowest BCUT2D eigenvalue weighted by Gasteiger charge is -2.11. The quantitative estimate of drug-likeness (QED) is 0.781. The van der Waals surface area contributed by atoms with Crippen LogP contribution >= 0.6 is 11.6 Å². The zero-order valence-electron chi connectivity index (χ0n) is 14.5. The molecule has 1 heterocycles. The average molecular weight is 374 g/mol. The second kappa shape index (κ2) is 8.63. The molecule has 3 rings (SSSR count). The highest BCUT2D eigenvalue weighted by atomic mass is 35.5. The van der Waals surface area contributed by atoms with Gasteiger partial charge in [0.2, 0.25) is 5.91 Å². The molecule has 1 amide bonds. The first kappa shape index (κ1) is 18.1. The fourth-order valence-corrected chi connectivity index (χ4v) is 2.67. The summed E-state index contributed by atoms with van der Waals surface area (Å²) in [7, 11) is 0. The monoisotopic (exact) mass is 373 g/mol. The van der Waals surface area contributed by atoms with Crippen molar-refractivity contribution in [3.63, 3.8) is 0 Å². The van der Waals surface area contributed by atoms with Crippen molar-refractivity contribution in [2.24, 2.45) is 0 Å². The third-order valence-corrected chi connectivity index (χ3v) is 4.03. The number of benzene rings is 2. The Morgan fingerprint density at radius 1 is 1.19 bits per heavy atom. The highest BCUT2D eigenvalue weighted by molar-refractivity contribution is 6.34. The second-order valence-electron chi connectivity index (χ2n) is 5.65. The predicted molar refractivity (Wildman–Crippen MR) is 102 cm³/mol. The fraction of sp³-hybridized carbons (Fsp3) is 0.250. The van der Waals surface area contributed by atoms with Crippen LogP contribution < -0.4 is 19.5 Å². The molecule has 1 aliphatic rings. The number of carbonyl (C=O) groups is 1. The predicted octanol–water partition coefficient (Wildman–Crippen LogP) is 4.55. The molecule has 2 aromatic carbocycles. The van der Waals surface area contributed by atoms with Crippen LogP contribution in [0.3, 0.4) is 0 Å². The first-order valence-electron chi connectivity index (χ1n) is 8.47. The van der Waals surface area contributed by atoms with Gasteiger partial charge in [-0.2, -0.15) is 0 Å². The molecule has 0 unspecified atom stereocenters. The number of anilines is 1. The third kappa shape index (κ3) is 4.70. The lowest BCUT2D eigenvalue weighted by molar-refractivity contribution is -0.111. The van der Waals surface area contributed by atoms with Crippen molar-refractivity contribution >= 4 is 29.3 Å². The summed E-state index contributed by atoms with van der Waals surface area (Å²) in [5.74, 6) is 1.69. The summed E-state index contributed by atoms with van der Waals surface area (Å²) in [5.41, 5.74) is 1.38. The summed E-state index contributed by atoms with van der Waals surface area (Å²) < 4.78 is 16.6. The molecule has 0 saturated carbocycles. The van der Waals surface area contributed by atoms with Crippen LogP contribution in [-0.2, 0) is 4.79 Å². The van der Waals surface area contributed by atoms with E-state index in [9.17, 15) is 4.79 Å². The van der Waals surface area contributed by atoms with Crippen molar-refractivity contribution in [1.82, 2.24) is 0 Å². The molecule has 136 valence electrons. The van der Waals surface area contributed by atoms with Crippen molar-refractivity contribution in [2.45, 2.75) is 13.3 Å². The summed E-state index contributed by atoms with van der Waals surface area (Å²) in [5, 5.41) is 3.16. The van der Waals surface area contributed by atoms with Crippen LogP contribution in [0, 0.1) is 0 Å². The van der Waals surface area contributed by atoms with Gasteiger partial charge in [0, 0.05) is 24.6 Å². The Kier molecular flexibility index (Phi) is 6.02. The van der Waals surface area contributed by atoms with Crippen molar-refractivity contribution < 1.29 is 19.0 Å². The number of halogens is 1. The molecule has 0 fully saturated rings. The summed E-state index contributed by atoms with van der Waals surface area (Å²) in [6.07, 6.45) is 3.98. The third-order valence-electron chi connectivity index (χ3n) is 3.71. The maximum Gasteiger partial charge on any atom is 0.248 e. The molecule has 0 aliphatic carbocycles. The van der Waals surface area contributed by atoms with Crippen molar-refractivity contribution in [1.29, 1.82) is 0 Å². The molecule has 2 aromatic rings. The number of amides is 1. The van der Waals surface area contributed by atoms with E-state index in [4.69, 9.17) is 25.8 Å². The van der Waals surface area contributed by atoms with Crippen LogP contribution in [0.4, 0.5) is 5.69 Å². The van der Waals surface area contributed by atoms with Crippen molar-refractivity contribution in [3.05, 3.63) is 53.1 Å². The van der Waals surface area contributed by atoms with E-state index in [1.807, 2.05) is 31.2 Å². The Labute approximate surface area is 157 Å². The number of fused-ring (bicyclic) bond motifs is 1. The number of hydrogen-bond donors (Lipinski definition) is 1. The van der Waals surface area contributed by atoms with Crippen LogP contribution in [0.2, 0.25) is 5.02 Å². The van der Waals surface area contributed by atoms with E-state index in [0.29, 0.717) is 42.0 Å². The first-order chi connectivity index (χ1) is 12.7. The first-order valence-corrected chi connectivity index (χ1v) is 8.84. The standard InChI is InChI=1S/C20H20ClNO4/c1-2-24-15-7-4-14(5-8-15)6-9-20(23)22-17-13-19-18(12-16(17)21)25-10-3-11-26-19/h4-9,12-13H,2-3,10-11H2,1H3,(H,22,23)/b9-6+. The smallest absolute Gasteiger partial charge is 0.248 e. The van der Waals surface area contributed by atoms with Gasteiger partial charge in [-0.15, -0.1) is 0 Å². The zero-order valence-corrected chi connectivity index (χ0v) is 15.2. The van der Waals surface area contributed by atoms with E-state index in [0.717, 1.165) is 17.7 Å². The average Bonchev–Trinajstić information content (AvgIpc) is 2.86. The lowest BCUT2D eigenvalue weighted by Crippen LogP contribution is -2.08. The van der Waals surface area contributed by atoms with Gasteiger partial charge in [-0.3, -0.25) is 4.79 Å².